The lowest BCUT2D eigenvalue weighted by molar-refractivity contribution is 0.0782. The second-order valence-corrected chi connectivity index (χ2v) is 8.32. The third kappa shape index (κ3) is 2.80. The lowest BCUT2D eigenvalue weighted by Crippen LogP contribution is -2.34. The molecule has 2 aliphatic heterocycles. The van der Waals surface area contributed by atoms with Gasteiger partial charge in [0.2, 0.25) is 0 Å². The second kappa shape index (κ2) is 6.32. The van der Waals surface area contributed by atoms with Crippen LogP contribution in [0.3, 0.4) is 0 Å². The summed E-state index contributed by atoms with van der Waals surface area (Å²) in [6.45, 7) is 7.75. The van der Waals surface area contributed by atoms with Crippen LogP contribution < -0.4 is 4.90 Å². The second-order valence-electron chi connectivity index (χ2n) is 8.32. The van der Waals surface area contributed by atoms with E-state index in [0.29, 0.717) is 11.8 Å². The molecule has 0 spiro atoms. The Hall–Kier alpha value is -2.43. The van der Waals surface area contributed by atoms with Gasteiger partial charge >= 0.3 is 0 Å². The third-order valence-corrected chi connectivity index (χ3v) is 6.47. The summed E-state index contributed by atoms with van der Waals surface area (Å²) in [6.07, 6.45) is 3.39. The van der Waals surface area contributed by atoms with E-state index in [1.54, 1.807) is 0 Å². The highest BCUT2D eigenvalue weighted by atomic mass is 16.2. The van der Waals surface area contributed by atoms with Gasteiger partial charge in [-0.1, -0.05) is 18.2 Å². The number of aryl methyl sites for hydroxylation is 3. The van der Waals surface area contributed by atoms with E-state index in [-0.39, 0.29) is 5.91 Å². The van der Waals surface area contributed by atoms with Crippen molar-refractivity contribution in [3.63, 3.8) is 0 Å². The van der Waals surface area contributed by atoms with Gasteiger partial charge < -0.3 is 9.80 Å². The fourth-order valence-corrected chi connectivity index (χ4v) is 5.11. The molecule has 1 aromatic heterocycles. The van der Waals surface area contributed by atoms with Crippen LogP contribution in [0.15, 0.2) is 24.3 Å². The van der Waals surface area contributed by atoms with Crippen LogP contribution in [-0.2, 0) is 12.8 Å². The number of hydrogen-bond donors (Lipinski definition) is 0. The summed E-state index contributed by atoms with van der Waals surface area (Å²) in [4.78, 5) is 26.9. The van der Waals surface area contributed by atoms with E-state index in [9.17, 15) is 4.79 Å². The van der Waals surface area contributed by atoms with Crippen molar-refractivity contribution in [1.82, 2.24) is 14.9 Å². The largest absolute Gasteiger partial charge is 0.356 e. The Morgan fingerprint density at radius 1 is 1.00 bits per heavy atom. The van der Waals surface area contributed by atoms with Gasteiger partial charge in [-0.15, -0.1) is 0 Å². The lowest BCUT2D eigenvalue weighted by Gasteiger charge is -2.24. The number of likely N-dealkylation sites (tertiary alicyclic amines) is 1. The monoisotopic (exact) mass is 362 g/mol. The Kier molecular flexibility index (Phi) is 3.92. The van der Waals surface area contributed by atoms with Crippen molar-refractivity contribution in [3.8, 4) is 0 Å². The van der Waals surface area contributed by atoms with Gasteiger partial charge in [-0.2, -0.15) is 0 Å². The number of rotatable bonds is 2. The third-order valence-electron chi connectivity index (χ3n) is 6.47. The number of anilines is 1. The molecular weight excluding hydrogens is 336 g/mol. The molecule has 2 fully saturated rings. The van der Waals surface area contributed by atoms with Gasteiger partial charge in [-0.3, -0.25) is 4.79 Å². The predicted molar refractivity (Wildman–Crippen MR) is 105 cm³/mol. The first-order valence-electron chi connectivity index (χ1n) is 10.1. The smallest absolute Gasteiger partial charge is 0.254 e. The molecule has 0 saturated carbocycles. The van der Waals surface area contributed by atoms with Gasteiger partial charge in [0.05, 0.1) is 0 Å². The highest BCUT2D eigenvalue weighted by molar-refractivity contribution is 5.95. The van der Waals surface area contributed by atoms with Crippen LogP contribution in [0.25, 0.3) is 0 Å². The Bertz CT molecular complexity index is 895. The van der Waals surface area contributed by atoms with E-state index >= 15 is 0 Å². The van der Waals surface area contributed by atoms with Crippen molar-refractivity contribution in [2.45, 2.75) is 33.1 Å². The zero-order valence-electron chi connectivity index (χ0n) is 16.1. The van der Waals surface area contributed by atoms with Crippen molar-refractivity contribution in [3.05, 3.63) is 52.5 Å². The molecule has 2 unspecified atom stereocenters. The SMILES string of the molecule is Cc1nc2c(c(N3CC4CN(C(=O)c5ccccc5C)CC4C3)n1)CCC2. The van der Waals surface area contributed by atoms with Crippen molar-refractivity contribution in [1.29, 1.82) is 0 Å². The predicted octanol–water partition coefficient (Wildman–Crippen LogP) is 2.79. The van der Waals surface area contributed by atoms with E-state index in [2.05, 4.69) is 14.8 Å². The average Bonchev–Trinajstić information content (AvgIpc) is 3.34. The Labute approximate surface area is 160 Å². The van der Waals surface area contributed by atoms with Crippen molar-refractivity contribution in [2.24, 2.45) is 11.8 Å². The summed E-state index contributed by atoms with van der Waals surface area (Å²) in [5.41, 5.74) is 4.53. The number of nitrogens with zero attached hydrogens (tertiary/aromatic N) is 4. The Balaban J connectivity index is 1.32. The Morgan fingerprint density at radius 3 is 2.48 bits per heavy atom. The first kappa shape index (κ1) is 16.7. The molecule has 1 aromatic carbocycles. The standard InChI is InChI=1S/C22H26N4O/c1-14-6-3-4-7-18(14)22(27)26-12-16-10-25(11-17(16)13-26)21-19-8-5-9-20(19)23-15(2)24-21/h3-4,6-7,16-17H,5,8-13H2,1-2H3. The molecule has 2 saturated heterocycles. The summed E-state index contributed by atoms with van der Waals surface area (Å²) in [5.74, 6) is 3.34. The van der Waals surface area contributed by atoms with Crippen LogP contribution in [0.4, 0.5) is 5.82 Å². The summed E-state index contributed by atoms with van der Waals surface area (Å²) in [5, 5.41) is 0. The molecule has 1 aliphatic carbocycles. The van der Waals surface area contributed by atoms with Crippen molar-refractivity contribution < 1.29 is 4.79 Å². The number of fused-ring (bicyclic) bond motifs is 2. The minimum Gasteiger partial charge on any atom is -0.356 e. The molecule has 5 heteroatoms. The van der Waals surface area contributed by atoms with E-state index in [1.807, 2.05) is 38.1 Å². The van der Waals surface area contributed by atoms with Crippen LogP contribution in [0, 0.1) is 25.7 Å². The van der Waals surface area contributed by atoms with E-state index in [1.165, 1.54) is 23.5 Å². The number of benzene rings is 1. The van der Waals surface area contributed by atoms with Crippen LogP contribution in [0.5, 0.6) is 0 Å². The van der Waals surface area contributed by atoms with E-state index in [0.717, 1.165) is 56.0 Å². The molecule has 5 rings (SSSR count). The van der Waals surface area contributed by atoms with Gasteiger partial charge in [-0.05, 0) is 44.7 Å². The first-order valence-corrected chi connectivity index (χ1v) is 10.1. The van der Waals surface area contributed by atoms with E-state index < -0.39 is 0 Å². The van der Waals surface area contributed by atoms with Crippen LogP contribution >= 0.6 is 0 Å². The molecular formula is C22H26N4O. The molecule has 0 bridgehead atoms. The molecule has 0 N–H and O–H groups in total. The fraction of sp³-hybridized carbons (Fsp3) is 0.500. The number of carbonyl (C=O) groups excluding carboxylic acids is 1. The summed E-state index contributed by atoms with van der Waals surface area (Å²) < 4.78 is 0. The highest BCUT2D eigenvalue weighted by Crippen LogP contribution is 2.37. The molecule has 27 heavy (non-hydrogen) atoms. The van der Waals surface area contributed by atoms with E-state index in [4.69, 9.17) is 4.98 Å². The number of amides is 1. The highest BCUT2D eigenvalue weighted by Gasteiger charge is 2.43. The molecule has 1 amide bonds. The molecule has 140 valence electrons. The average molecular weight is 362 g/mol. The van der Waals surface area contributed by atoms with Gasteiger partial charge in [0.15, 0.2) is 0 Å². The maximum absolute atomic E-state index is 12.9. The first-order chi connectivity index (χ1) is 13.1. The van der Waals surface area contributed by atoms with Gasteiger partial charge in [0.1, 0.15) is 11.6 Å². The number of carbonyl (C=O) groups is 1. The topological polar surface area (TPSA) is 49.3 Å². The number of hydrogen-bond acceptors (Lipinski definition) is 4. The summed E-state index contributed by atoms with van der Waals surface area (Å²) in [7, 11) is 0. The summed E-state index contributed by atoms with van der Waals surface area (Å²) >= 11 is 0. The normalized spacial score (nSPS) is 23.6. The van der Waals surface area contributed by atoms with Gasteiger partial charge in [-0.25, -0.2) is 9.97 Å². The maximum Gasteiger partial charge on any atom is 0.254 e. The van der Waals surface area contributed by atoms with Crippen LogP contribution in [0.1, 0.15) is 39.4 Å². The minimum atomic E-state index is 0.188. The van der Waals surface area contributed by atoms with Gasteiger partial charge in [0.25, 0.3) is 5.91 Å². The fourth-order valence-electron chi connectivity index (χ4n) is 5.11. The zero-order valence-corrected chi connectivity index (χ0v) is 16.1. The van der Waals surface area contributed by atoms with Crippen LogP contribution in [0.2, 0.25) is 0 Å². The molecule has 5 nitrogen and oxygen atoms in total. The zero-order chi connectivity index (χ0) is 18.5. The Morgan fingerprint density at radius 2 is 1.74 bits per heavy atom. The molecule has 0 radical (unpaired) electrons. The minimum absolute atomic E-state index is 0.188. The quantitative estimate of drug-likeness (QED) is 0.824. The van der Waals surface area contributed by atoms with Crippen molar-refractivity contribution in [2.75, 3.05) is 31.1 Å². The molecule has 2 aromatic rings. The van der Waals surface area contributed by atoms with Crippen molar-refractivity contribution >= 4 is 11.7 Å². The lowest BCUT2D eigenvalue weighted by atomic mass is 10.0. The summed E-state index contributed by atoms with van der Waals surface area (Å²) in [6, 6.07) is 7.91. The van der Waals surface area contributed by atoms with Crippen LogP contribution in [-0.4, -0.2) is 47.0 Å². The molecule has 2 atom stereocenters. The maximum atomic E-state index is 12.9. The molecule has 3 aliphatic rings. The van der Waals surface area contributed by atoms with Gasteiger partial charge in [0, 0.05) is 54.8 Å². The molecule has 3 heterocycles. The number of aromatic nitrogens is 2.